The van der Waals surface area contributed by atoms with E-state index in [2.05, 4.69) is 31.3 Å². The Hall–Kier alpha value is -0.870. The molecule has 2 rings (SSSR count). The third kappa shape index (κ3) is 2.93. The van der Waals surface area contributed by atoms with Crippen molar-refractivity contribution >= 4 is 9.84 Å². The summed E-state index contributed by atoms with van der Waals surface area (Å²) in [6.07, 6.45) is 1.61. The summed E-state index contributed by atoms with van der Waals surface area (Å²) in [6, 6.07) is 8.41. The van der Waals surface area contributed by atoms with Gasteiger partial charge in [-0.3, -0.25) is 0 Å². The van der Waals surface area contributed by atoms with E-state index in [1.165, 1.54) is 11.1 Å². The van der Waals surface area contributed by atoms with E-state index in [0.717, 1.165) is 12.8 Å². The summed E-state index contributed by atoms with van der Waals surface area (Å²) in [6.45, 7) is 4.74. The van der Waals surface area contributed by atoms with Gasteiger partial charge in [-0.2, -0.15) is 0 Å². The summed E-state index contributed by atoms with van der Waals surface area (Å²) in [5, 5.41) is 3.17. The van der Waals surface area contributed by atoms with Gasteiger partial charge in [-0.1, -0.05) is 24.3 Å². The molecule has 0 saturated carbocycles. The molecule has 3 nitrogen and oxygen atoms in total. The van der Waals surface area contributed by atoms with E-state index in [9.17, 15) is 8.42 Å². The van der Waals surface area contributed by atoms with E-state index in [1.807, 2.05) is 12.1 Å². The Morgan fingerprint density at radius 3 is 2.72 bits per heavy atom. The molecule has 2 unspecified atom stereocenters. The zero-order chi connectivity index (χ0) is 13.2. The highest BCUT2D eigenvalue weighted by Gasteiger charge is 2.31. The maximum atomic E-state index is 11.7. The van der Waals surface area contributed by atoms with Crippen LogP contribution in [0.4, 0.5) is 0 Å². The third-order valence-corrected chi connectivity index (χ3v) is 6.05. The molecule has 1 aromatic rings. The van der Waals surface area contributed by atoms with Crippen molar-refractivity contribution in [3.63, 3.8) is 0 Å². The number of sulfone groups is 1. The number of hydrogen-bond donors (Lipinski definition) is 1. The van der Waals surface area contributed by atoms with Gasteiger partial charge in [0.1, 0.15) is 0 Å². The Kier molecular flexibility index (Phi) is 4.07. The molecule has 0 bridgehead atoms. The number of rotatable bonds is 4. The minimum Gasteiger partial charge on any atom is -0.309 e. The number of benzene rings is 1. The lowest BCUT2D eigenvalue weighted by molar-refractivity contribution is 0.537. The van der Waals surface area contributed by atoms with Crippen molar-refractivity contribution in [2.75, 3.05) is 12.3 Å². The average molecular weight is 267 g/mol. The Labute approximate surface area is 110 Å². The van der Waals surface area contributed by atoms with E-state index in [4.69, 9.17) is 0 Å². The van der Waals surface area contributed by atoms with E-state index in [0.29, 0.717) is 12.3 Å². The molecule has 1 aliphatic rings. The molecule has 2 atom stereocenters. The molecule has 1 heterocycles. The summed E-state index contributed by atoms with van der Waals surface area (Å²) in [7, 11) is -2.84. The third-order valence-electron chi connectivity index (χ3n) is 3.77. The molecule has 1 N–H and O–H groups in total. The van der Waals surface area contributed by atoms with Gasteiger partial charge >= 0.3 is 0 Å². The molecule has 0 amide bonds. The zero-order valence-corrected chi connectivity index (χ0v) is 11.8. The van der Waals surface area contributed by atoms with Gasteiger partial charge in [-0.15, -0.1) is 0 Å². The molecule has 1 fully saturated rings. The fourth-order valence-corrected chi connectivity index (χ4v) is 4.36. The standard InChI is InChI=1S/C14H21NO2S/c1-11-6-3-4-8-14(11)12(2)15-10-13-7-5-9-18(13,16)17/h3-4,6,8,12-13,15H,5,7,9-10H2,1-2H3. The van der Waals surface area contributed by atoms with E-state index in [-0.39, 0.29) is 11.3 Å². The molecule has 4 heteroatoms. The first-order valence-electron chi connectivity index (χ1n) is 6.51. The molecule has 18 heavy (non-hydrogen) atoms. The topological polar surface area (TPSA) is 46.2 Å². The smallest absolute Gasteiger partial charge is 0.154 e. The maximum absolute atomic E-state index is 11.7. The predicted molar refractivity (Wildman–Crippen MR) is 74.4 cm³/mol. The van der Waals surface area contributed by atoms with Crippen LogP contribution in [0.5, 0.6) is 0 Å². The lowest BCUT2D eigenvalue weighted by Gasteiger charge is -2.18. The molecule has 0 aromatic heterocycles. The van der Waals surface area contributed by atoms with Crippen LogP contribution in [0.25, 0.3) is 0 Å². The summed E-state index contributed by atoms with van der Waals surface area (Å²) in [5.41, 5.74) is 2.49. The molecule has 100 valence electrons. The number of nitrogens with one attached hydrogen (secondary N) is 1. The highest BCUT2D eigenvalue weighted by molar-refractivity contribution is 7.92. The Bertz CT molecular complexity index is 510. The van der Waals surface area contributed by atoms with Gasteiger partial charge in [-0.05, 0) is 37.8 Å². The Morgan fingerprint density at radius 2 is 2.11 bits per heavy atom. The van der Waals surface area contributed by atoms with Crippen LogP contribution < -0.4 is 5.32 Å². The van der Waals surface area contributed by atoms with E-state index < -0.39 is 9.84 Å². The fraction of sp³-hybridized carbons (Fsp3) is 0.571. The second-order valence-electron chi connectivity index (χ2n) is 5.12. The summed E-state index contributed by atoms with van der Waals surface area (Å²) < 4.78 is 23.5. The second-order valence-corrected chi connectivity index (χ2v) is 7.52. The minimum atomic E-state index is -2.84. The highest BCUT2D eigenvalue weighted by Crippen LogP contribution is 2.21. The van der Waals surface area contributed by atoms with Gasteiger partial charge in [0.05, 0.1) is 11.0 Å². The van der Waals surface area contributed by atoms with E-state index >= 15 is 0 Å². The minimum absolute atomic E-state index is 0.191. The molecule has 1 saturated heterocycles. The maximum Gasteiger partial charge on any atom is 0.154 e. The molecule has 1 aromatic carbocycles. The van der Waals surface area contributed by atoms with Crippen LogP contribution in [0.1, 0.15) is 36.9 Å². The van der Waals surface area contributed by atoms with Gasteiger partial charge in [0, 0.05) is 12.6 Å². The van der Waals surface area contributed by atoms with Crippen LogP contribution in [-0.4, -0.2) is 26.0 Å². The van der Waals surface area contributed by atoms with Gasteiger partial charge in [0.2, 0.25) is 0 Å². The number of aryl methyl sites for hydroxylation is 1. The summed E-state index contributed by atoms with van der Waals surface area (Å²) in [4.78, 5) is 0. The first-order chi connectivity index (χ1) is 8.50. The van der Waals surface area contributed by atoms with Crippen molar-refractivity contribution in [3.8, 4) is 0 Å². The number of hydrogen-bond acceptors (Lipinski definition) is 3. The largest absolute Gasteiger partial charge is 0.309 e. The van der Waals surface area contributed by atoms with Crippen molar-refractivity contribution in [3.05, 3.63) is 35.4 Å². The molecule has 0 spiro atoms. The van der Waals surface area contributed by atoms with Crippen LogP contribution in [0.3, 0.4) is 0 Å². The molecule has 0 aliphatic carbocycles. The summed E-state index contributed by atoms with van der Waals surface area (Å²) >= 11 is 0. The van der Waals surface area contributed by atoms with Crippen LogP contribution in [0, 0.1) is 6.92 Å². The molecule has 0 radical (unpaired) electrons. The molecule has 1 aliphatic heterocycles. The first kappa shape index (κ1) is 13.6. The van der Waals surface area contributed by atoms with Crippen molar-refractivity contribution in [1.29, 1.82) is 0 Å². The van der Waals surface area contributed by atoms with Crippen molar-refractivity contribution < 1.29 is 8.42 Å². The zero-order valence-electron chi connectivity index (χ0n) is 11.0. The van der Waals surface area contributed by atoms with Crippen molar-refractivity contribution in [1.82, 2.24) is 5.32 Å². The second kappa shape index (κ2) is 5.41. The average Bonchev–Trinajstić information content (AvgIpc) is 2.66. The molecular weight excluding hydrogens is 246 g/mol. The first-order valence-corrected chi connectivity index (χ1v) is 8.23. The SMILES string of the molecule is Cc1ccccc1C(C)NCC1CCCS1(=O)=O. The summed E-state index contributed by atoms with van der Waals surface area (Å²) in [5.74, 6) is 0.359. The van der Waals surface area contributed by atoms with Gasteiger partial charge in [0.15, 0.2) is 9.84 Å². The van der Waals surface area contributed by atoms with Crippen LogP contribution in [0.15, 0.2) is 24.3 Å². The van der Waals surface area contributed by atoms with Gasteiger partial charge < -0.3 is 5.32 Å². The van der Waals surface area contributed by atoms with Gasteiger partial charge in [0.25, 0.3) is 0 Å². The van der Waals surface area contributed by atoms with Gasteiger partial charge in [-0.25, -0.2) is 8.42 Å². The lowest BCUT2D eigenvalue weighted by Crippen LogP contribution is -2.32. The fourth-order valence-electron chi connectivity index (χ4n) is 2.58. The predicted octanol–water partition coefficient (Wildman–Crippen LogP) is 2.22. The van der Waals surface area contributed by atoms with E-state index in [1.54, 1.807) is 0 Å². The van der Waals surface area contributed by atoms with Crippen LogP contribution >= 0.6 is 0 Å². The highest BCUT2D eigenvalue weighted by atomic mass is 32.2. The Morgan fingerprint density at radius 1 is 1.39 bits per heavy atom. The van der Waals surface area contributed by atoms with Crippen LogP contribution in [-0.2, 0) is 9.84 Å². The Balaban J connectivity index is 1.97. The monoisotopic (exact) mass is 267 g/mol. The lowest BCUT2D eigenvalue weighted by atomic mass is 10.0. The van der Waals surface area contributed by atoms with Crippen molar-refractivity contribution in [2.45, 2.75) is 38.0 Å². The quantitative estimate of drug-likeness (QED) is 0.910. The van der Waals surface area contributed by atoms with Crippen molar-refractivity contribution in [2.24, 2.45) is 0 Å². The molecular formula is C14H21NO2S. The van der Waals surface area contributed by atoms with Crippen LogP contribution in [0.2, 0.25) is 0 Å². The normalized spacial score (nSPS) is 24.0.